The van der Waals surface area contributed by atoms with Crippen LogP contribution in [0.25, 0.3) is 0 Å². The van der Waals surface area contributed by atoms with Crippen LogP contribution in [0.4, 0.5) is 0 Å². The first-order chi connectivity index (χ1) is 6.77. The molecule has 0 aromatic heterocycles. The molecule has 0 fully saturated rings. The zero-order valence-electron chi connectivity index (χ0n) is 8.07. The van der Waals surface area contributed by atoms with Crippen molar-refractivity contribution in [2.75, 3.05) is 7.05 Å². The van der Waals surface area contributed by atoms with Crippen molar-refractivity contribution in [1.29, 1.82) is 0 Å². The summed E-state index contributed by atoms with van der Waals surface area (Å²) in [4.78, 5) is 11.2. The van der Waals surface area contributed by atoms with Crippen LogP contribution in [0.5, 0.6) is 0 Å². The molecule has 1 aromatic rings. The van der Waals surface area contributed by atoms with Gasteiger partial charge in [-0.25, -0.2) is 0 Å². The minimum Gasteiger partial charge on any atom is -0.450 e. The second kappa shape index (κ2) is 5.74. The fourth-order valence-electron chi connectivity index (χ4n) is 1.24. The van der Waals surface area contributed by atoms with Crippen molar-refractivity contribution in [2.24, 2.45) is 0 Å². The summed E-state index contributed by atoms with van der Waals surface area (Å²) in [6, 6.07) is 9.55. The van der Waals surface area contributed by atoms with Gasteiger partial charge in [-0.1, -0.05) is 30.3 Å². The van der Waals surface area contributed by atoms with Crippen molar-refractivity contribution < 1.29 is 9.32 Å². The van der Waals surface area contributed by atoms with Gasteiger partial charge in [-0.15, -0.1) is 0 Å². The Morgan fingerprint density at radius 2 is 2.14 bits per heavy atom. The molecule has 1 unspecified atom stereocenters. The normalized spacial score (nSPS) is 12.1. The van der Waals surface area contributed by atoms with Crippen LogP contribution in [0.3, 0.4) is 0 Å². The third-order valence-corrected chi connectivity index (χ3v) is 2.26. The number of carbonyl (C=O) groups is 1. The Bertz CT molecular complexity index is 289. The summed E-state index contributed by atoms with van der Waals surface area (Å²) >= 11 is 0. The number of carbonyl (C=O) groups excluding carboxylic acids is 1. The van der Waals surface area contributed by atoms with Gasteiger partial charge in [-0.3, -0.25) is 4.79 Å². The van der Waals surface area contributed by atoms with Crippen LogP contribution in [0, 0.1) is 0 Å². The van der Waals surface area contributed by atoms with E-state index in [1.807, 2.05) is 39.8 Å². The van der Waals surface area contributed by atoms with Crippen LogP contribution in [0.15, 0.2) is 30.3 Å². The molecule has 3 nitrogen and oxygen atoms in total. The molecule has 1 aromatic carbocycles. The molecule has 0 aliphatic carbocycles. The largest absolute Gasteiger partial charge is 0.450 e. The van der Waals surface area contributed by atoms with Crippen molar-refractivity contribution in [3.63, 3.8) is 0 Å². The van der Waals surface area contributed by atoms with Crippen LogP contribution >= 0.6 is 9.47 Å². The summed E-state index contributed by atoms with van der Waals surface area (Å²) in [6.45, 7) is 0. The molecule has 0 bridgehead atoms. The van der Waals surface area contributed by atoms with Crippen molar-refractivity contribution >= 4 is 15.4 Å². The highest BCUT2D eigenvalue weighted by Crippen LogP contribution is 2.05. The number of hydrogen-bond donors (Lipinski definition) is 1. The first-order valence-electron chi connectivity index (χ1n) is 4.39. The minimum absolute atomic E-state index is 0.263. The van der Waals surface area contributed by atoms with Crippen molar-refractivity contribution in [3.05, 3.63) is 35.9 Å². The number of hydrogen-bond acceptors (Lipinski definition) is 3. The average molecular weight is 211 g/mol. The molecule has 1 N–H and O–H groups in total. The second-order valence-electron chi connectivity index (χ2n) is 2.97. The van der Waals surface area contributed by atoms with E-state index in [1.165, 1.54) is 0 Å². The topological polar surface area (TPSA) is 38.3 Å². The lowest BCUT2D eigenvalue weighted by atomic mass is 10.1. The Hall–Kier alpha value is -0.920. The molecular formula is C10H14NO2P. The lowest BCUT2D eigenvalue weighted by Gasteiger charge is -2.12. The van der Waals surface area contributed by atoms with E-state index >= 15 is 0 Å². The quantitative estimate of drug-likeness (QED) is 0.759. The molecule has 0 aliphatic heterocycles. The summed E-state index contributed by atoms with van der Waals surface area (Å²) in [6.07, 6.45) is 0.643. The zero-order valence-corrected chi connectivity index (χ0v) is 9.22. The lowest BCUT2D eigenvalue weighted by molar-refractivity contribution is -0.135. The highest BCUT2D eigenvalue weighted by molar-refractivity contribution is 7.10. The smallest absolute Gasteiger partial charge is 0.325 e. The monoisotopic (exact) mass is 211 g/mol. The molecular weight excluding hydrogens is 197 g/mol. The second-order valence-corrected chi connectivity index (χ2v) is 3.20. The summed E-state index contributed by atoms with van der Waals surface area (Å²) in [5.41, 5.74) is 1.11. The predicted octanol–water partition coefficient (Wildman–Crippen LogP) is 1.15. The number of likely N-dealkylation sites (N-methyl/N-ethyl adjacent to an activating group) is 1. The standard InChI is InChI=1S/C10H14NO2P/c1-11-9(10(12)13-14)7-8-5-3-2-4-6-8/h2-6,9,11H,7,14H2,1H3/t9-/m0/s1. The van der Waals surface area contributed by atoms with Crippen LogP contribution in [0.2, 0.25) is 0 Å². The van der Waals surface area contributed by atoms with Crippen molar-refractivity contribution in [3.8, 4) is 0 Å². The van der Waals surface area contributed by atoms with Crippen LogP contribution in [0.1, 0.15) is 5.56 Å². The maximum atomic E-state index is 11.2. The van der Waals surface area contributed by atoms with Crippen molar-refractivity contribution in [1.82, 2.24) is 5.32 Å². The van der Waals surface area contributed by atoms with Crippen LogP contribution < -0.4 is 5.32 Å². The predicted molar refractivity (Wildman–Crippen MR) is 58.8 cm³/mol. The van der Waals surface area contributed by atoms with E-state index < -0.39 is 0 Å². The lowest BCUT2D eigenvalue weighted by Crippen LogP contribution is -2.36. The van der Waals surface area contributed by atoms with Crippen molar-refractivity contribution in [2.45, 2.75) is 12.5 Å². The highest BCUT2D eigenvalue weighted by atomic mass is 31.0. The third-order valence-electron chi connectivity index (χ3n) is 2.03. The van der Waals surface area contributed by atoms with Gasteiger partial charge in [0.15, 0.2) is 0 Å². The highest BCUT2D eigenvalue weighted by Gasteiger charge is 2.16. The average Bonchev–Trinajstić information content (AvgIpc) is 2.26. The fraction of sp³-hybridized carbons (Fsp3) is 0.300. The number of benzene rings is 1. The van der Waals surface area contributed by atoms with E-state index in [9.17, 15) is 4.79 Å². The molecule has 1 rings (SSSR count). The van der Waals surface area contributed by atoms with Gasteiger partial charge in [0.1, 0.15) is 6.04 Å². The Kier molecular flexibility index (Phi) is 4.57. The van der Waals surface area contributed by atoms with E-state index in [2.05, 4.69) is 9.84 Å². The summed E-state index contributed by atoms with van der Waals surface area (Å²) in [5.74, 6) is -0.263. The van der Waals surface area contributed by atoms with E-state index in [-0.39, 0.29) is 12.0 Å². The van der Waals surface area contributed by atoms with Gasteiger partial charge < -0.3 is 9.84 Å². The van der Waals surface area contributed by atoms with E-state index in [0.29, 0.717) is 6.42 Å². The van der Waals surface area contributed by atoms with Gasteiger partial charge in [0, 0.05) is 0 Å². The molecule has 0 saturated carbocycles. The zero-order chi connectivity index (χ0) is 10.4. The molecule has 2 atom stereocenters. The fourth-order valence-corrected chi connectivity index (χ4v) is 1.40. The summed E-state index contributed by atoms with van der Waals surface area (Å²) in [7, 11) is 3.71. The molecule has 0 amide bonds. The maximum absolute atomic E-state index is 11.2. The number of nitrogens with one attached hydrogen (secondary N) is 1. The minimum atomic E-state index is -0.282. The van der Waals surface area contributed by atoms with Gasteiger partial charge >= 0.3 is 5.97 Å². The Morgan fingerprint density at radius 1 is 1.50 bits per heavy atom. The third kappa shape index (κ3) is 3.09. The van der Waals surface area contributed by atoms with Gasteiger partial charge in [-0.2, -0.15) is 0 Å². The number of rotatable bonds is 4. The van der Waals surface area contributed by atoms with Crippen LogP contribution in [-0.2, 0) is 15.7 Å². The first kappa shape index (κ1) is 11.2. The Balaban J connectivity index is 2.62. The van der Waals surface area contributed by atoms with Crippen LogP contribution in [-0.4, -0.2) is 19.1 Å². The molecule has 0 radical (unpaired) electrons. The summed E-state index contributed by atoms with van der Waals surface area (Å²) < 4.78 is 4.59. The van der Waals surface area contributed by atoms with Gasteiger partial charge in [0.2, 0.25) is 0 Å². The summed E-state index contributed by atoms with van der Waals surface area (Å²) in [5, 5.41) is 2.91. The van der Waals surface area contributed by atoms with Gasteiger partial charge in [0.25, 0.3) is 0 Å². The molecule has 0 heterocycles. The SMILES string of the molecule is CN[C@@H](Cc1ccccc1)C(=O)OP. The molecule has 4 heteroatoms. The van der Waals surface area contributed by atoms with E-state index in [1.54, 1.807) is 7.05 Å². The molecule has 14 heavy (non-hydrogen) atoms. The van der Waals surface area contributed by atoms with Gasteiger partial charge in [0.05, 0.1) is 9.47 Å². The first-order valence-corrected chi connectivity index (χ1v) is 4.87. The van der Waals surface area contributed by atoms with E-state index in [4.69, 9.17) is 0 Å². The Morgan fingerprint density at radius 3 is 2.64 bits per heavy atom. The molecule has 0 spiro atoms. The molecule has 76 valence electrons. The van der Waals surface area contributed by atoms with Gasteiger partial charge in [-0.05, 0) is 19.0 Å². The Labute approximate surface area is 86.1 Å². The molecule has 0 saturated heterocycles. The van der Waals surface area contributed by atoms with E-state index in [0.717, 1.165) is 5.56 Å². The molecule has 0 aliphatic rings. The maximum Gasteiger partial charge on any atom is 0.325 e.